The molecule has 5 nitrogen and oxygen atoms in total. The van der Waals surface area contributed by atoms with Gasteiger partial charge in [0.15, 0.2) is 5.44 Å². The number of rotatable bonds is 2. The SMILES string of the molecule is Cc1ccncc1O[C@@H]1SC[C@@H](O)[C@H](O)[C@H]1O. The fourth-order valence-corrected chi connectivity index (χ4v) is 2.69. The van der Waals surface area contributed by atoms with E-state index in [0.29, 0.717) is 11.5 Å². The van der Waals surface area contributed by atoms with Crippen LogP contribution in [0.2, 0.25) is 0 Å². The number of aliphatic hydroxyl groups excluding tert-OH is 3. The van der Waals surface area contributed by atoms with Gasteiger partial charge in [-0.2, -0.15) is 0 Å². The van der Waals surface area contributed by atoms with Gasteiger partial charge in [0.25, 0.3) is 0 Å². The Hall–Kier alpha value is -0.820. The third kappa shape index (κ3) is 2.71. The van der Waals surface area contributed by atoms with Gasteiger partial charge >= 0.3 is 0 Å². The Balaban J connectivity index is 2.07. The first-order valence-electron chi connectivity index (χ1n) is 5.32. The van der Waals surface area contributed by atoms with Crippen LogP contribution in [0.5, 0.6) is 5.75 Å². The van der Waals surface area contributed by atoms with Gasteiger partial charge in [-0.3, -0.25) is 4.98 Å². The molecule has 2 heterocycles. The lowest BCUT2D eigenvalue weighted by atomic mass is 10.1. The standard InChI is InChI=1S/C11H15NO4S/c1-6-2-3-12-4-8(6)16-11-10(15)9(14)7(13)5-17-11/h2-4,7,9-11,13-15H,5H2,1H3/t7-,9+,10-,11-/m1/s1. The molecule has 17 heavy (non-hydrogen) atoms. The summed E-state index contributed by atoms with van der Waals surface area (Å²) in [5.41, 5.74) is 0.324. The molecule has 94 valence electrons. The van der Waals surface area contributed by atoms with E-state index in [0.717, 1.165) is 5.56 Å². The van der Waals surface area contributed by atoms with Gasteiger partial charge in [0.05, 0.1) is 12.3 Å². The predicted octanol–water partition coefficient (Wildman–Crippen LogP) is -0.0756. The average Bonchev–Trinajstić information content (AvgIpc) is 2.32. The molecule has 1 aromatic rings. The molecule has 0 bridgehead atoms. The molecule has 3 N–H and O–H groups in total. The average molecular weight is 257 g/mol. The van der Waals surface area contributed by atoms with Crippen LogP contribution in [0.25, 0.3) is 0 Å². The van der Waals surface area contributed by atoms with Crippen molar-refractivity contribution in [1.82, 2.24) is 4.98 Å². The molecule has 0 aliphatic carbocycles. The topological polar surface area (TPSA) is 82.8 Å². The lowest BCUT2D eigenvalue weighted by Crippen LogP contribution is -2.50. The van der Waals surface area contributed by atoms with Gasteiger partial charge in [0, 0.05) is 11.9 Å². The Kier molecular flexibility index (Phi) is 3.88. The summed E-state index contributed by atoms with van der Waals surface area (Å²) in [7, 11) is 0. The van der Waals surface area contributed by atoms with Crippen LogP contribution in [0.4, 0.5) is 0 Å². The lowest BCUT2D eigenvalue weighted by Gasteiger charge is -2.34. The van der Waals surface area contributed by atoms with Crippen molar-refractivity contribution in [2.24, 2.45) is 0 Å². The van der Waals surface area contributed by atoms with Crippen LogP contribution < -0.4 is 4.74 Å². The molecule has 1 aliphatic rings. The second-order valence-electron chi connectivity index (χ2n) is 4.01. The molecular weight excluding hydrogens is 242 g/mol. The van der Waals surface area contributed by atoms with E-state index in [4.69, 9.17) is 4.74 Å². The molecule has 0 radical (unpaired) electrons. The number of aliphatic hydroxyl groups is 3. The highest BCUT2D eigenvalue weighted by atomic mass is 32.2. The van der Waals surface area contributed by atoms with Crippen LogP contribution in [0.3, 0.4) is 0 Å². The fourth-order valence-electron chi connectivity index (χ4n) is 1.58. The summed E-state index contributed by atoms with van der Waals surface area (Å²) >= 11 is 1.28. The summed E-state index contributed by atoms with van der Waals surface area (Å²) in [6.07, 6.45) is 0.0390. The van der Waals surface area contributed by atoms with Crippen molar-refractivity contribution >= 4 is 11.8 Å². The minimum absolute atomic E-state index is 0.336. The van der Waals surface area contributed by atoms with Crippen molar-refractivity contribution in [3.8, 4) is 5.75 Å². The maximum atomic E-state index is 9.78. The molecule has 0 saturated carbocycles. The van der Waals surface area contributed by atoms with Gasteiger partial charge in [-0.25, -0.2) is 0 Å². The molecule has 4 atom stereocenters. The largest absolute Gasteiger partial charge is 0.475 e. The zero-order chi connectivity index (χ0) is 12.4. The molecular formula is C11H15NO4S. The van der Waals surface area contributed by atoms with Gasteiger partial charge in [0.1, 0.15) is 18.0 Å². The van der Waals surface area contributed by atoms with Gasteiger partial charge in [-0.1, -0.05) is 0 Å². The Morgan fingerprint density at radius 2 is 2.12 bits per heavy atom. The van der Waals surface area contributed by atoms with Crippen LogP contribution >= 0.6 is 11.8 Å². The fraction of sp³-hybridized carbons (Fsp3) is 0.545. The minimum atomic E-state index is -1.17. The van der Waals surface area contributed by atoms with E-state index >= 15 is 0 Å². The lowest BCUT2D eigenvalue weighted by molar-refractivity contribution is -0.0787. The van der Waals surface area contributed by atoms with Crippen LogP contribution in [-0.4, -0.2) is 49.8 Å². The normalized spacial score (nSPS) is 33.4. The highest BCUT2D eigenvalue weighted by Gasteiger charge is 2.38. The maximum Gasteiger partial charge on any atom is 0.173 e. The summed E-state index contributed by atoms with van der Waals surface area (Å²) in [4.78, 5) is 3.94. The van der Waals surface area contributed by atoms with Crippen molar-refractivity contribution < 1.29 is 20.1 Å². The number of thioether (sulfide) groups is 1. The van der Waals surface area contributed by atoms with Crippen molar-refractivity contribution in [2.75, 3.05) is 5.75 Å². The van der Waals surface area contributed by atoms with Crippen molar-refractivity contribution in [3.05, 3.63) is 24.0 Å². The Morgan fingerprint density at radius 1 is 1.35 bits per heavy atom. The Labute approximate surface area is 103 Å². The number of aryl methyl sites for hydroxylation is 1. The first kappa shape index (κ1) is 12.6. The third-order valence-electron chi connectivity index (χ3n) is 2.69. The smallest absolute Gasteiger partial charge is 0.173 e. The molecule has 1 fully saturated rings. The van der Waals surface area contributed by atoms with E-state index in [1.807, 2.05) is 6.92 Å². The highest BCUT2D eigenvalue weighted by molar-refractivity contribution is 7.99. The highest BCUT2D eigenvalue weighted by Crippen LogP contribution is 2.29. The summed E-state index contributed by atoms with van der Waals surface area (Å²) in [5.74, 6) is 0.912. The predicted molar refractivity (Wildman–Crippen MR) is 63.9 cm³/mol. The van der Waals surface area contributed by atoms with E-state index in [9.17, 15) is 15.3 Å². The molecule has 0 aromatic carbocycles. The molecule has 6 heteroatoms. The van der Waals surface area contributed by atoms with Gasteiger partial charge in [-0.15, -0.1) is 11.8 Å². The van der Waals surface area contributed by atoms with E-state index < -0.39 is 23.7 Å². The second-order valence-corrected chi connectivity index (χ2v) is 5.14. The second kappa shape index (κ2) is 5.22. The molecule has 0 amide bonds. The number of nitrogens with zero attached hydrogens (tertiary/aromatic N) is 1. The quantitative estimate of drug-likeness (QED) is 0.687. The zero-order valence-corrected chi connectivity index (χ0v) is 10.2. The first-order valence-corrected chi connectivity index (χ1v) is 6.37. The van der Waals surface area contributed by atoms with Crippen LogP contribution in [0.15, 0.2) is 18.5 Å². The maximum absolute atomic E-state index is 9.78. The van der Waals surface area contributed by atoms with Gasteiger partial charge < -0.3 is 20.1 Å². The van der Waals surface area contributed by atoms with Crippen molar-refractivity contribution in [2.45, 2.75) is 30.7 Å². The van der Waals surface area contributed by atoms with Crippen LogP contribution in [0, 0.1) is 6.92 Å². The van der Waals surface area contributed by atoms with Crippen molar-refractivity contribution in [3.63, 3.8) is 0 Å². The molecule has 1 aliphatic heterocycles. The molecule has 0 unspecified atom stereocenters. The summed E-state index contributed by atoms with van der Waals surface area (Å²) in [6.45, 7) is 1.88. The van der Waals surface area contributed by atoms with Crippen LogP contribution in [-0.2, 0) is 0 Å². The van der Waals surface area contributed by atoms with E-state index in [1.54, 1.807) is 18.5 Å². The van der Waals surface area contributed by atoms with Gasteiger partial charge in [0.2, 0.25) is 0 Å². The van der Waals surface area contributed by atoms with E-state index in [2.05, 4.69) is 4.98 Å². The first-order chi connectivity index (χ1) is 8.09. The Morgan fingerprint density at radius 3 is 2.82 bits per heavy atom. The number of pyridine rings is 1. The van der Waals surface area contributed by atoms with Crippen LogP contribution in [0.1, 0.15) is 5.56 Å². The molecule has 1 saturated heterocycles. The summed E-state index contributed by atoms with van der Waals surface area (Å²) < 4.78 is 5.60. The molecule has 0 spiro atoms. The summed E-state index contributed by atoms with van der Waals surface area (Å²) in [5, 5.41) is 28.7. The zero-order valence-electron chi connectivity index (χ0n) is 9.35. The number of hydrogen-bond donors (Lipinski definition) is 3. The number of hydrogen-bond acceptors (Lipinski definition) is 6. The minimum Gasteiger partial charge on any atom is -0.475 e. The van der Waals surface area contributed by atoms with Gasteiger partial charge in [-0.05, 0) is 18.6 Å². The monoisotopic (exact) mass is 257 g/mol. The summed E-state index contributed by atoms with van der Waals surface area (Å²) in [6, 6.07) is 1.81. The molecule has 1 aromatic heterocycles. The van der Waals surface area contributed by atoms with E-state index in [-0.39, 0.29) is 0 Å². The third-order valence-corrected chi connectivity index (χ3v) is 3.93. The van der Waals surface area contributed by atoms with E-state index in [1.165, 1.54) is 11.8 Å². The molecule has 2 rings (SSSR count). The number of aromatic nitrogens is 1. The Bertz CT molecular complexity index is 389. The number of ether oxygens (including phenoxy) is 1. The van der Waals surface area contributed by atoms with Crippen molar-refractivity contribution in [1.29, 1.82) is 0 Å².